The molecule has 0 aliphatic carbocycles. The van der Waals surface area contributed by atoms with Crippen molar-refractivity contribution in [2.75, 3.05) is 31.6 Å². The molecule has 0 saturated carbocycles. The van der Waals surface area contributed by atoms with Crippen molar-refractivity contribution in [1.82, 2.24) is 15.1 Å². The topological polar surface area (TPSA) is 41.5 Å². The van der Waals surface area contributed by atoms with Crippen molar-refractivity contribution in [2.45, 2.75) is 51.1 Å². The lowest BCUT2D eigenvalue weighted by atomic mass is 9.71. The predicted octanol–water partition coefficient (Wildman–Crippen LogP) is 3.72. The van der Waals surface area contributed by atoms with E-state index in [1.54, 1.807) is 7.11 Å². The van der Waals surface area contributed by atoms with Crippen LogP contribution in [0.1, 0.15) is 36.9 Å². The van der Waals surface area contributed by atoms with Gasteiger partial charge in [-0.15, -0.1) is 5.10 Å². The maximum Gasteiger partial charge on any atom is 0.151 e. The van der Waals surface area contributed by atoms with Crippen LogP contribution in [-0.4, -0.2) is 53.9 Å². The quantitative estimate of drug-likeness (QED) is 0.793. The predicted molar refractivity (Wildman–Crippen MR) is 115 cm³/mol. The van der Waals surface area contributed by atoms with E-state index in [9.17, 15) is 0 Å². The van der Waals surface area contributed by atoms with Crippen molar-refractivity contribution < 1.29 is 4.74 Å². The number of anilines is 1. The maximum absolute atomic E-state index is 5.48. The van der Waals surface area contributed by atoms with E-state index < -0.39 is 0 Å². The van der Waals surface area contributed by atoms with Crippen molar-refractivity contribution >= 4 is 5.82 Å². The number of aromatic nitrogens is 2. The van der Waals surface area contributed by atoms with E-state index in [1.165, 1.54) is 37.8 Å². The summed E-state index contributed by atoms with van der Waals surface area (Å²) in [7, 11) is 1.76. The van der Waals surface area contributed by atoms with E-state index >= 15 is 0 Å². The first-order chi connectivity index (χ1) is 14.2. The molecule has 2 aromatic rings. The fourth-order valence-electron chi connectivity index (χ4n) is 5.98. The molecule has 0 spiro atoms. The SMILES string of the molecule is COc1cccc(C[C@H]2[C@H]3C[C@H](CN(c4ccc(C)nn4)C3)[C@@H]3CCCCN32)c1. The number of methoxy groups -OCH3 is 1. The van der Waals surface area contributed by atoms with Crippen LogP contribution in [0.5, 0.6) is 5.75 Å². The van der Waals surface area contributed by atoms with Gasteiger partial charge in [0.05, 0.1) is 12.8 Å². The molecule has 29 heavy (non-hydrogen) atoms. The summed E-state index contributed by atoms with van der Waals surface area (Å²) >= 11 is 0. The molecule has 154 valence electrons. The molecule has 5 rings (SSSR count). The largest absolute Gasteiger partial charge is 0.497 e. The lowest BCUT2D eigenvalue weighted by Gasteiger charge is -2.57. The van der Waals surface area contributed by atoms with Gasteiger partial charge in [-0.3, -0.25) is 4.90 Å². The second-order valence-electron chi connectivity index (χ2n) is 9.12. The second-order valence-corrected chi connectivity index (χ2v) is 9.12. The number of aryl methyl sites for hydroxylation is 1. The van der Waals surface area contributed by atoms with Crippen LogP contribution in [0.2, 0.25) is 0 Å². The number of rotatable bonds is 4. The Morgan fingerprint density at radius 1 is 1.07 bits per heavy atom. The van der Waals surface area contributed by atoms with Crippen molar-refractivity contribution in [3.8, 4) is 5.75 Å². The van der Waals surface area contributed by atoms with Crippen LogP contribution >= 0.6 is 0 Å². The standard InChI is InChI=1S/C24H32N4O/c1-17-9-10-24(26-25-17)27-15-19-14-20(16-27)23(28-11-4-3-8-22(19)28)13-18-6-5-7-21(12-18)29-2/h5-7,9-10,12,19-20,22-23H,3-4,8,11,13-16H2,1-2H3/t19-,20+,22+,23+/m1/s1. The van der Waals surface area contributed by atoms with Crippen LogP contribution in [0.3, 0.4) is 0 Å². The third-order valence-corrected chi connectivity index (χ3v) is 7.31. The number of benzene rings is 1. The van der Waals surface area contributed by atoms with Gasteiger partial charge in [-0.05, 0) is 80.8 Å². The fourth-order valence-corrected chi connectivity index (χ4v) is 5.98. The highest BCUT2D eigenvalue weighted by Gasteiger charge is 2.47. The van der Waals surface area contributed by atoms with Gasteiger partial charge in [0.2, 0.25) is 0 Å². The van der Waals surface area contributed by atoms with Gasteiger partial charge in [0.1, 0.15) is 5.75 Å². The minimum absolute atomic E-state index is 0.602. The van der Waals surface area contributed by atoms with Crippen molar-refractivity contribution in [3.05, 3.63) is 47.7 Å². The van der Waals surface area contributed by atoms with E-state index in [4.69, 9.17) is 4.74 Å². The molecule has 0 unspecified atom stereocenters. The number of nitrogens with zero attached hydrogens (tertiary/aromatic N) is 4. The summed E-state index contributed by atoms with van der Waals surface area (Å²) in [5.41, 5.74) is 2.38. The van der Waals surface area contributed by atoms with Crippen LogP contribution in [0, 0.1) is 18.8 Å². The Morgan fingerprint density at radius 3 is 2.79 bits per heavy atom. The molecule has 3 fully saturated rings. The Hall–Kier alpha value is -2.14. The van der Waals surface area contributed by atoms with Gasteiger partial charge in [-0.25, -0.2) is 0 Å². The van der Waals surface area contributed by atoms with E-state index in [0.29, 0.717) is 12.0 Å². The zero-order valence-electron chi connectivity index (χ0n) is 17.6. The highest BCUT2D eigenvalue weighted by molar-refractivity contribution is 5.39. The first kappa shape index (κ1) is 18.9. The van der Waals surface area contributed by atoms with Crippen molar-refractivity contribution in [1.29, 1.82) is 0 Å². The minimum Gasteiger partial charge on any atom is -0.497 e. The normalized spacial score (nSPS) is 29.4. The molecule has 1 aromatic carbocycles. The smallest absolute Gasteiger partial charge is 0.151 e. The highest BCUT2D eigenvalue weighted by atomic mass is 16.5. The Balaban J connectivity index is 1.42. The highest BCUT2D eigenvalue weighted by Crippen LogP contribution is 2.43. The summed E-state index contributed by atoms with van der Waals surface area (Å²) in [6.07, 6.45) is 6.53. The van der Waals surface area contributed by atoms with E-state index in [1.807, 2.05) is 13.0 Å². The van der Waals surface area contributed by atoms with Gasteiger partial charge in [0, 0.05) is 25.2 Å². The molecular weight excluding hydrogens is 360 g/mol. The average Bonchev–Trinajstić information content (AvgIpc) is 2.77. The summed E-state index contributed by atoms with van der Waals surface area (Å²) in [4.78, 5) is 5.38. The molecule has 3 aliphatic heterocycles. The molecule has 3 saturated heterocycles. The Bertz CT molecular complexity index is 839. The first-order valence-corrected chi connectivity index (χ1v) is 11.2. The van der Waals surface area contributed by atoms with E-state index in [0.717, 1.165) is 48.7 Å². The van der Waals surface area contributed by atoms with Crippen LogP contribution in [0.15, 0.2) is 36.4 Å². The molecule has 0 radical (unpaired) electrons. The zero-order chi connectivity index (χ0) is 19.8. The van der Waals surface area contributed by atoms with Crippen LogP contribution < -0.4 is 9.64 Å². The molecule has 0 amide bonds. The first-order valence-electron chi connectivity index (χ1n) is 11.2. The summed E-state index contributed by atoms with van der Waals surface area (Å²) in [6.45, 7) is 5.48. The number of piperidine rings is 3. The Kier molecular flexibility index (Phi) is 5.17. The second kappa shape index (κ2) is 7.94. The molecule has 5 heteroatoms. The number of fused-ring (bicyclic) bond motifs is 4. The summed E-state index contributed by atoms with van der Waals surface area (Å²) in [6, 6.07) is 14.2. The molecule has 5 nitrogen and oxygen atoms in total. The average molecular weight is 393 g/mol. The van der Waals surface area contributed by atoms with Crippen molar-refractivity contribution in [2.24, 2.45) is 11.8 Å². The van der Waals surface area contributed by atoms with Crippen LogP contribution in [0.25, 0.3) is 0 Å². The number of hydrogen-bond donors (Lipinski definition) is 0. The van der Waals surface area contributed by atoms with E-state index in [-0.39, 0.29) is 0 Å². The monoisotopic (exact) mass is 392 g/mol. The maximum atomic E-state index is 5.48. The van der Waals surface area contributed by atoms with Gasteiger partial charge >= 0.3 is 0 Å². The minimum atomic E-state index is 0.602. The molecule has 1 aromatic heterocycles. The van der Waals surface area contributed by atoms with Crippen LogP contribution in [-0.2, 0) is 6.42 Å². The fraction of sp³-hybridized carbons (Fsp3) is 0.583. The Morgan fingerprint density at radius 2 is 1.97 bits per heavy atom. The number of hydrogen-bond acceptors (Lipinski definition) is 5. The van der Waals surface area contributed by atoms with Crippen molar-refractivity contribution in [3.63, 3.8) is 0 Å². The molecule has 3 aliphatic rings. The zero-order valence-corrected chi connectivity index (χ0v) is 17.6. The van der Waals surface area contributed by atoms with Gasteiger partial charge < -0.3 is 9.64 Å². The van der Waals surface area contributed by atoms with Gasteiger partial charge in [0.15, 0.2) is 5.82 Å². The van der Waals surface area contributed by atoms with Gasteiger partial charge in [-0.2, -0.15) is 5.10 Å². The molecule has 4 heterocycles. The lowest BCUT2D eigenvalue weighted by molar-refractivity contribution is -0.0318. The number of ether oxygens (including phenoxy) is 1. The lowest BCUT2D eigenvalue weighted by Crippen LogP contribution is -2.64. The van der Waals surface area contributed by atoms with Crippen LogP contribution in [0.4, 0.5) is 5.82 Å². The summed E-state index contributed by atoms with van der Waals surface area (Å²) in [5.74, 6) is 3.44. The molecule has 4 atom stereocenters. The van der Waals surface area contributed by atoms with Gasteiger partial charge in [0.25, 0.3) is 0 Å². The summed E-state index contributed by atoms with van der Waals surface area (Å²) in [5, 5.41) is 8.83. The molecular formula is C24H32N4O. The molecule has 0 N–H and O–H groups in total. The third kappa shape index (κ3) is 3.73. The van der Waals surface area contributed by atoms with Gasteiger partial charge in [-0.1, -0.05) is 18.6 Å². The summed E-state index contributed by atoms with van der Waals surface area (Å²) < 4.78 is 5.48. The Labute approximate surface area is 174 Å². The van der Waals surface area contributed by atoms with E-state index in [2.05, 4.69) is 50.3 Å². The third-order valence-electron chi connectivity index (χ3n) is 7.31. The molecule has 2 bridgehead atoms.